The molecule has 0 saturated heterocycles. The van der Waals surface area contributed by atoms with Gasteiger partial charge in [0.25, 0.3) is 0 Å². The van der Waals surface area contributed by atoms with Crippen LogP contribution >= 0.6 is 0 Å². The van der Waals surface area contributed by atoms with Gasteiger partial charge in [-0.2, -0.15) is 0 Å². The van der Waals surface area contributed by atoms with Crippen molar-refractivity contribution in [2.24, 2.45) is 0 Å². The van der Waals surface area contributed by atoms with Gasteiger partial charge >= 0.3 is 0 Å². The molecule has 1 heteroatoms. The predicted octanol–water partition coefficient (Wildman–Crippen LogP) is 5.52. The highest BCUT2D eigenvalue weighted by Gasteiger charge is 2.08. The fourth-order valence-corrected chi connectivity index (χ4v) is 2.23. The molecular formula is C17H21F. The average molecular weight is 244 g/mol. The van der Waals surface area contributed by atoms with Crippen molar-refractivity contribution in [2.75, 3.05) is 0 Å². The smallest absolute Gasteiger partial charge is 0.127 e. The molecule has 0 amide bonds. The zero-order valence-electron chi connectivity index (χ0n) is 11.7. The van der Waals surface area contributed by atoms with E-state index in [2.05, 4.69) is 6.58 Å². The lowest BCUT2D eigenvalue weighted by Crippen LogP contribution is -1.93. The van der Waals surface area contributed by atoms with Crippen LogP contribution in [0.4, 0.5) is 4.39 Å². The van der Waals surface area contributed by atoms with Gasteiger partial charge in [0.1, 0.15) is 5.82 Å². The molecule has 0 aliphatic rings. The molecule has 0 aliphatic heterocycles. The number of aryl methyl sites for hydroxylation is 2. The van der Waals surface area contributed by atoms with Gasteiger partial charge in [0, 0.05) is 0 Å². The Bertz CT molecular complexity index is 553. The number of hydrogen-bond acceptors (Lipinski definition) is 0. The van der Waals surface area contributed by atoms with E-state index in [9.17, 15) is 4.39 Å². The van der Waals surface area contributed by atoms with Crippen LogP contribution in [0.15, 0.2) is 30.8 Å². The van der Waals surface area contributed by atoms with Crippen LogP contribution in [0, 0.1) is 12.7 Å². The van der Waals surface area contributed by atoms with E-state index in [4.69, 9.17) is 0 Å². The first-order chi connectivity index (χ1) is 8.67. The van der Waals surface area contributed by atoms with Gasteiger partial charge in [-0.25, -0.2) is 4.39 Å². The highest BCUT2D eigenvalue weighted by atomic mass is 19.1. The van der Waals surface area contributed by atoms with Gasteiger partial charge in [-0.1, -0.05) is 45.6 Å². The highest BCUT2D eigenvalue weighted by molar-refractivity contribution is 5.90. The molecule has 96 valence electrons. The molecule has 0 aliphatic carbocycles. The molecule has 0 spiro atoms. The van der Waals surface area contributed by atoms with Crippen LogP contribution in [0.25, 0.3) is 16.8 Å². The first kappa shape index (κ1) is 14.4. The third-order valence-electron chi connectivity index (χ3n) is 2.98. The molecule has 0 unspecified atom stereocenters. The van der Waals surface area contributed by atoms with Crippen LogP contribution in [-0.2, 0) is 6.42 Å². The van der Waals surface area contributed by atoms with E-state index in [0.717, 1.165) is 33.9 Å². The Morgan fingerprint density at radius 2 is 1.89 bits per heavy atom. The maximum absolute atomic E-state index is 13.7. The van der Waals surface area contributed by atoms with Gasteiger partial charge in [-0.05, 0) is 52.9 Å². The Labute approximate surface area is 109 Å². The second-order valence-electron chi connectivity index (χ2n) is 4.02. The van der Waals surface area contributed by atoms with E-state index in [0.29, 0.717) is 0 Å². The zero-order valence-corrected chi connectivity index (χ0v) is 11.7. The molecule has 0 N–H and O–H groups in total. The summed E-state index contributed by atoms with van der Waals surface area (Å²) < 4.78 is 13.7. The molecular weight excluding hydrogens is 223 g/mol. The average Bonchev–Trinajstić information content (AvgIpc) is 2.41. The third-order valence-corrected chi connectivity index (χ3v) is 2.98. The number of fused-ring (bicyclic) bond motifs is 1. The summed E-state index contributed by atoms with van der Waals surface area (Å²) in [7, 11) is 0. The van der Waals surface area contributed by atoms with E-state index < -0.39 is 0 Å². The Morgan fingerprint density at radius 3 is 2.44 bits per heavy atom. The molecule has 18 heavy (non-hydrogen) atoms. The molecule has 2 aromatic carbocycles. The first-order valence-electron chi connectivity index (χ1n) is 6.51. The molecule has 0 heterocycles. The van der Waals surface area contributed by atoms with Gasteiger partial charge in [0.2, 0.25) is 0 Å². The van der Waals surface area contributed by atoms with Crippen molar-refractivity contribution in [2.45, 2.75) is 34.1 Å². The van der Waals surface area contributed by atoms with Crippen LogP contribution in [0.5, 0.6) is 0 Å². The molecule has 0 bridgehead atoms. The van der Waals surface area contributed by atoms with Gasteiger partial charge < -0.3 is 0 Å². The van der Waals surface area contributed by atoms with Crippen molar-refractivity contribution in [3.8, 4) is 0 Å². The number of hydrogen-bond donors (Lipinski definition) is 0. The second kappa shape index (κ2) is 6.34. The summed E-state index contributed by atoms with van der Waals surface area (Å²) in [6, 6.07) is 7.49. The monoisotopic (exact) mass is 244 g/mol. The van der Waals surface area contributed by atoms with E-state index in [1.54, 1.807) is 6.07 Å². The molecule has 0 fully saturated rings. The molecule has 0 saturated carbocycles. The minimum atomic E-state index is -0.107. The van der Waals surface area contributed by atoms with Gasteiger partial charge in [-0.15, -0.1) is 0 Å². The Morgan fingerprint density at radius 1 is 1.22 bits per heavy atom. The fourth-order valence-electron chi connectivity index (χ4n) is 2.23. The van der Waals surface area contributed by atoms with Gasteiger partial charge in [0.05, 0.1) is 0 Å². The van der Waals surface area contributed by atoms with Crippen LogP contribution in [0.1, 0.15) is 37.5 Å². The summed E-state index contributed by atoms with van der Waals surface area (Å²) in [6.07, 6.45) is 2.54. The topological polar surface area (TPSA) is 0 Å². The Kier molecular flexibility index (Phi) is 5.08. The van der Waals surface area contributed by atoms with Crippen LogP contribution in [-0.4, -0.2) is 0 Å². The van der Waals surface area contributed by atoms with Gasteiger partial charge in [-0.3, -0.25) is 0 Å². The standard InChI is InChI=1S/C15H15F.C2H6/c1-4-11-8-10(3)15-12(9-11)6-7-14(16)13(15)5-2;1-2/h4,6-9H,1,5H2,2-3H3;1-2H3. The summed E-state index contributed by atoms with van der Waals surface area (Å²) >= 11 is 0. The van der Waals surface area contributed by atoms with Crippen LogP contribution < -0.4 is 0 Å². The lowest BCUT2D eigenvalue weighted by Gasteiger charge is -2.10. The van der Waals surface area contributed by atoms with Crippen molar-refractivity contribution in [1.82, 2.24) is 0 Å². The van der Waals surface area contributed by atoms with Crippen molar-refractivity contribution in [3.63, 3.8) is 0 Å². The lowest BCUT2D eigenvalue weighted by molar-refractivity contribution is 0.615. The minimum absolute atomic E-state index is 0.107. The lowest BCUT2D eigenvalue weighted by atomic mass is 9.96. The Hall–Kier alpha value is -1.63. The molecule has 2 rings (SSSR count). The zero-order chi connectivity index (χ0) is 13.7. The molecule has 2 aromatic rings. The molecule has 0 aromatic heterocycles. The van der Waals surface area contributed by atoms with E-state index in [1.807, 2.05) is 52.0 Å². The maximum atomic E-state index is 13.7. The maximum Gasteiger partial charge on any atom is 0.127 e. The largest absolute Gasteiger partial charge is 0.207 e. The van der Waals surface area contributed by atoms with E-state index in [-0.39, 0.29) is 5.82 Å². The summed E-state index contributed by atoms with van der Waals surface area (Å²) in [4.78, 5) is 0. The summed E-state index contributed by atoms with van der Waals surface area (Å²) in [5.41, 5.74) is 3.01. The SMILES string of the molecule is C=Cc1cc(C)c2c(CC)c(F)ccc2c1.CC. The first-order valence-corrected chi connectivity index (χ1v) is 6.51. The summed E-state index contributed by atoms with van der Waals surface area (Å²) in [5, 5.41) is 2.14. The predicted molar refractivity (Wildman–Crippen MR) is 79.5 cm³/mol. The van der Waals surface area contributed by atoms with Crippen LogP contribution in [0.3, 0.4) is 0 Å². The normalized spacial score (nSPS) is 9.83. The third kappa shape index (κ3) is 2.61. The molecule has 0 atom stereocenters. The summed E-state index contributed by atoms with van der Waals surface area (Å²) in [6.45, 7) is 11.8. The Balaban J connectivity index is 0.000000771. The highest BCUT2D eigenvalue weighted by Crippen LogP contribution is 2.27. The van der Waals surface area contributed by atoms with Crippen molar-refractivity contribution in [1.29, 1.82) is 0 Å². The van der Waals surface area contributed by atoms with Crippen molar-refractivity contribution in [3.05, 3.63) is 53.4 Å². The van der Waals surface area contributed by atoms with Gasteiger partial charge in [0.15, 0.2) is 0 Å². The molecule has 0 radical (unpaired) electrons. The minimum Gasteiger partial charge on any atom is -0.207 e. The molecule has 0 nitrogen and oxygen atoms in total. The van der Waals surface area contributed by atoms with Crippen LogP contribution in [0.2, 0.25) is 0 Å². The van der Waals surface area contributed by atoms with E-state index in [1.165, 1.54) is 0 Å². The summed E-state index contributed by atoms with van der Waals surface area (Å²) in [5.74, 6) is -0.107. The number of rotatable bonds is 2. The number of halogens is 1. The fraction of sp³-hybridized carbons (Fsp3) is 0.294. The van der Waals surface area contributed by atoms with Crippen molar-refractivity contribution < 1.29 is 4.39 Å². The number of benzene rings is 2. The van der Waals surface area contributed by atoms with Crippen molar-refractivity contribution >= 4 is 16.8 Å². The second-order valence-corrected chi connectivity index (χ2v) is 4.02. The van der Waals surface area contributed by atoms with E-state index >= 15 is 0 Å². The quantitative estimate of drug-likeness (QED) is 0.652.